The third kappa shape index (κ3) is 5.29. The molecule has 4 aromatic rings. The largest absolute Gasteiger partial charge is 0.439 e. The molecule has 0 atom stereocenters. The molecule has 0 aliphatic carbocycles. The van der Waals surface area contributed by atoms with Gasteiger partial charge in [-0.15, -0.1) is 5.10 Å². The van der Waals surface area contributed by atoms with Crippen LogP contribution in [0, 0.1) is 5.82 Å². The van der Waals surface area contributed by atoms with Crippen molar-refractivity contribution in [2.45, 2.75) is 26.3 Å². The van der Waals surface area contributed by atoms with Gasteiger partial charge in [-0.2, -0.15) is 5.10 Å². The van der Waals surface area contributed by atoms with Crippen LogP contribution in [0.2, 0.25) is 0 Å². The van der Waals surface area contributed by atoms with Crippen LogP contribution in [-0.4, -0.2) is 40.8 Å². The van der Waals surface area contributed by atoms with E-state index in [0.717, 1.165) is 6.07 Å². The average Bonchev–Trinajstić information content (AvgIpc) is 3.39. The first-order valence-corrected chi connectivity index (χ1v) is 9.97. The molecule has 0 saturated heterocycles. The number of hydrogen-bond donors (Lipinski definition) is 2. The second kappa shape index (κ2) is 8.65. The molecule has 0 bridgehead atoms. The lowest BCUT2D eigenvalue weighted by atomic mass is 10.1. The second-order valence-corrected chi connectivity index (χ2v) is 8.19. The van der Waals surface area contributed by atoms with E-state index in [2.05, 4.69) is 36.0 Å². The number of hydrogen-bond acceptors (Lipinski definition) is 7. The number of carbonyl (C=O) groups excluding carboxylic acids is 1. The van der Waals surface area contributed by atoms with Crippen LogP contribution in [0.1, 0.15) is 20.8 Å². The number of carbonyl (C=O) groups is 1. The Bertz CT molecular complexity index is 1290. The fraction of sp³-hybridized carbons (Fsp3) is 0.238. The normalized spacial score (nSPS) is 11.3. The molecule has 11 nitrogen and oxygen atoms in total. The number of aromatic nitrogens is 7. The highest BCUT2D eigenvalue weighted by Gasteiger charge is 2.15. The molecule has 0 saturated carbocycles. The zero-order chi connectivity index (χ0) is 23.6. The van der Waals surface area contributed by atoms with Gasteiger partial charge in [-0.3, -0.25) is 9.36 Å². The third-order valence-electron chi connectivity index (χ3n) is 4.45. The van der Waals surface area contributed by atoms with E-state index in [-0.39, 0.29) is 22.9 Å². The Hall–Kier alpha value is -4.35. The van der Waals surface area contributed by atoms with Crippen molar-refractivity contribution in [3.05, 3.63) is 55.0 Å². The standard InChI is InChI=1S/C21H22FN9O2/c1-21(2,3)31-10-13(9-25-31)26-20(32)27-16-6-5-14(7-15(16)22)33-19-8-17(23-12-24-19)18-11-30(4)29-28-18/h5-12H,1-4H3,(H2,26,27,32). The number of halogens is 1. The van der Waals surface area contributed by atoms with E-state index in [0.29, 0.717) is 17.1 Å². The van der Waals surface area contributed by atoms with Crippen LogP contribution in [0.4, 0.5) is 20.6 Å². The van der Waals surface area contributed by atoms with Crippen molar-refractivity contribution in [2.24, 2.45) is 7.05 Å². The van der Waals surface area contributed by atoms with E-state index in [1.54, 1.807) is 34.9 Å². The van der Waals surface area contributed by atoms with Crippen molar-refractivity contribution in [1.29, 1.82) is 0 Å². The zero-order valence-corrected chi connectivity index (χ0v) is 18.4. The zero-order valence-electron chi connectivity index (χ0n) is 18.4. The van der Waals surface area contributed by atoms with E-state index < -0.39 is 11.8 Å². The van der Waals surface area contributed by atoms with Crippen molar-refractivity contribution in [1.82, 2.24) is 34.7 Å². The first kappa shape index (κ1) is 21.9. The maximum Gasteiger partial charge on any atom is 0.323 e. The van der Waals surface area contributed by atoms with E-state index in [1.807, 2.05) is 20.8 Å². The molecule has 2 N–H and O–H groups in total. The number of urea groups is 1. The summed E-state index contributed by atoms with van der Waals surface area (Å²) in [6.45, 7) is 5.96. The Labute approximate surface area is 188 Å². The SMILES string of the molecule is Cn1cc(-c2cc(Oc3ccc(NC(=O)Nc4cnn(C(C)(C)C)c4)c(F)c3)ncn2)nn1. The molecule has 0 radical (unpaired) electrons. The highest BCUT2D eigenvalue weighted by molar-refractivity contribution is 5.99. The average molecular weight is 451 g/mol. The summed E-state index contributed by atoms with van der Waals surface area (Å²) in [7, 11) is 1.74. The molecule has 12 heteroatoms. The molecule has 0 fully saturated rings. The van der Waals surface area contributed by atoms with Gasteiger partial charge in [0.05, 0.1) is 35.0 Å². The molecule has 1 aromatic carbocycles. The minimum Gasteiger partial charge on any atom is -0.439 e. The van der Waals surface area contributed by atoms with Gasteiger partial charge >= 0.3 is 6.03 Å². The Balaban J connectivity index is 1.41. The molecule has 0 aliphatic rings. The quantitative estimate of drug-likeness (QED) is 0.473. The maximum atomic E-state index is 14.6. The lowest BCUT2D eigenvalue weighted by molar-refractivity contribution is 0.262. The monoisotopic (exact) mass is 451 g/mol. The second-order valence-electron chi connectivity index (χ2n) is 8.19. The van der Waals surface area contributed by atoms with E-state index in [1.165, 1.54) is 24.7 Å². The van der Waals surface area contributed by atoms with Crippen molar-refractivity contribution >= 4 is 17.4 Å². The number of amides is 2. The molecule has 0 spiro atoms. The summed E-state index contributed by atoms with van der Waals surface area (Å²) in [6.07, 6.45) is 6.24. The van der Waals surface area contributed by atoms with Crippen LogP contribution in [0.3, 0.4) is 0 Å². The van der Waals surface area contributed by atoms with Gasteiger partial charge in [0.15, 0.2) is 0 Å². The molecule has 170 valence electrons. The summed E-state index contributed by atoms with van der Waals surface area (Å²) >= 11 is 0. The van der Waals surface area contributed by atoms with Crippen LogP contribution in [-0.2, 0) is 12.6 Å². The predicted octanol–water partition coefficient (Wildman–Crippen LogP) is 3.80. The Morgan fingerprint density at radius 2 is 1.91 bits per heavy atom. The number of ether oxygens (including phenoxy) is 1. The highest BCUT2D eigenvalue weighted by atomic mass is 19.1. The smallest absolute Gasteiger partial charge is 0.323 e. The predicted molar refractivity (Wildman–Crippen MR) is 118 cm³/mol. The summed E-state index contributed by atoms with van der Waals surface area (Å²) in [5, 5.41) is 17.2. The van der Waals surface area contributed by atoms with Crippen LogP contribution in [0.15, 0.2) is 49.2 Å². The first-order chi connectivity index (χ1) is 15.7. The Morgan fingerprint density at radius 1 is 1.09 bits per heavy atom. The summed E-state index contributed by atoms with van der Waals surface area (Å²) in [5.74, 6) is -0.260. The number of benzene rings is 1. The van der Waals surface area contributed by atoms with Gasteiger partial charge < -0.3 is 15.4 Å². The molecule has 0 aliphatic heterocycles. The molecule has 3 aromatic heterocycles. The minimum absolute atomic E-state index is 0.00833. The molecular formula is C21H22FN9O2. The molecule has 2 amide bonds. The lowest BCUT2D eigenvalue weighted by Gasteiger charge is -2.18. The minimum atomic E-state index is -0.670. The van der Waals surface area contributed by atoms with E-state index in [4.69, 9.17) is 4.74 Å². The van der Waals surface area contributed by atoms with Gasteiger partial charge in [-0.05, 0) is 32.9 Å². The van der Waals surface area contributed by atoms with Gasteiger partial charge in [0.25, 0.3) is 0 Å². The van der Waals surface area contributed by atoms with Gasteiger partial charge in [-0.25, -0.2) is 19.2 Å². The van der Waals surface area contributed by atoms with Crippen molar-refractivity contribution in [3.8, 4) is 23.0 Å². The molecule has 3 heterocycles. The van der Waals surface area contributed by atoms with Crippen LogP contribution < -0.4 is 15.4 Å². The summed E-state index contributed by atoms with van der Waals surface area (Å²) in [5.41, 5.74) is 1.32. The van der Waals surface area contributed by atoms with Crippen molar-refractivity contribution in [2.75, 3.05) is 10.6 Å². The first-order valence-electron chi connectivity index (χ1n) is 9.97. The molecule has 4 rings (SSSR count). The van der Waals surface area contributed by atoms with Crippen molar-refractivity contribution in [3.63, 3.8) is 0 Å². The number of nitrogens with one attached hydrogen (secondary N) is 2. The lowest BCUT2D eigenvalue weighted by Crippen LogP contribution is -2.22. The third-order valence-corrected chi connectivity index (χ3v) is 4.45. The van der Waals surface area contributed by atoms with Gasteiger partial charge in [-0.1, -0.05) is 5.21 Å². The van der Waals surface area contributed by atoms with E-state index >= 15 is 0 Å². The fourth-order valence-corrected chi connectivity index (χ4v) is 2.82. The van der Waals surface area contributed by atoms with E-state index in [9.17, 15) is 9.18 Å². The van der Waals surface area contributed by atoms with Crippen molar-refractivity contribution < 1.29 is 13.9 Å². The molecule has 0 unspecified atom stereocenters. The van der Waals surface area contributed by atoms with Crippen LogP contribution in [0.25, 0.3) is 11.4 Å². The maximum absolute atomic E-state index is 14.6. The number of nitrogens with zero attached hydrogens (tertiary/aromatic N) is 7. The topological polar surface area (TPSA) is 125 Å². The summed E-state index contributed by atoms with van der Waals surface area (Å²) in [4.78, 5) is 20.4. The molecular weight excluding hydrogens is 429 g/mol. The number of aryl methyl sites for hydroxylation is 1. The van der Waals surface area contributed by atoms with Crippen LogP contribution >= 0.6 is 0 Å². The Morgan fingerprint density at radius 3 is 2.58 bits per heavy atom. The Kier molecular flexibility index (Phi) is 5.73. The number of anilines is 2. The number of rotatable bonds is 5. The van der Waals surface area contributed by atoms with Crippen LogP contribution in [0.5, 0.6) is 11.6 Å². The summed E-state index contributed by atoms with van der Waals surface area (Å²) in [6, 6.07) is 5.03. The highest BCUT2D eigenvalue weighted by Crippen LogP contribution is 2.26. The summed E-state index contributed by atoms with van der Waals surface area (Å²) < 4.78 is 23.5. The fourth-order valence-electron chi connectivity index (χ4n) is 2.82. The van der Waals surface area contributed by atoms with Gasteiger partial charge in [0, 0.05) is 25.4 Å². The molecule has 33 heavy (non-hydrogen) atoms. The van der Waals surface area contributed by atoms with Gasteiger partial charge in [0.2, 0.25) is 5.88 Å². The van der Waals surface area contributed by atoms with Gasteiger partial charge in [0.1, 0.15) is 23.6 Å².